The Bertz CT molecular complexity index is 509. The van der Waals surface area contributed by atoms with Crippen LogP contribution < -0.4 is 0 Å². The van der Waals surface area contributed by atoms with Crippen molar-refractivity contribution in [2.75, 3.05) is 25.3 Å². The lowest BCUT2D eigenvalue weighted by molar-refractivity contribution is 0.00565. The second-order valence-electron chi connectivity index (χ2n) is 5.66. The van der Waals surface area contributed by atoms with E-state index in [4.69, 9.17) is 4.74 Å². The third-order valence-corrected chi connectivity index (χ3v) is 7.82. The van der Waals surface area contributed by atoms with Crippen LogP contribution in [0.3, 0.4) is 0 Å². The van der Waals surface area contributed by atoms with Gasteiger partial charge in [-0.1, -0.05) is 0 Å². The van der Waals surface area contributed by atoms with Crippen LogP contribution in [0.15, 0.2) is 0 Å². The molecule has 0 aliphatic carbocycles. The first-order chi connectivity index (χ1) is 8.47. The lowest BCUT2D eigenvalue weighted by Gasteiger charge is -2.33. The fourth-order valence-corrected chi connectivity index (χ4v) is 4.21. The SMILES string of the molecule is CC1CCOCN1S(=O)(=O)CCC(C)(C)S(C)(=O)=O. The lowest BCUT2D eigenvalue weighted by atomic mass is 10.1. The summed E-state index contributed by atoms with van der Waals surface area (Å²) in [6, 6.07) is -0.0971. The Morgan fingerprint density at radius 1 is 1.26 bits per heavy atom. The standard InChI is InChI=1S/C11H23NO5S2/c1-10-5-7-17-9-12(10)19(15,16)8-6-11(2,3)18(4,13)14/h10H,5-9H2,1-4H3. The summed E-state index contributed by atoms with van der Waals surface area (Å²) in [6.45, 7) is 5.55. The van der Waals surface area contributed by atoms with E-state index in [9.17, 15) is 16.8 Å². The first-order valence-electron chi connectivity index (χ1n) is 6.24. The third-order valence-electron chi connectivity index (χ3n) is 3.71. The third kappa shape index (κ3) is 4.14. The van der Waals surface area contributed by atoms with Gasteiger partial charge in [0.1, 0.15) is 6.73 Å². The van der Waals surface area contributed by atoms with E-state index in [1.165, 1.54) is 4.31 Å². The molecule has 0 aromatic rings. The van der Waals surface area contributed by atoms with Gasteiger partial charge < -0.3 is 4.74 Å². The van der Waals surface area contributed by atoms with Crippen LogP contribution in [0.5, 0.6) is 0 Å². The van der Waals surface area contributed by atoms with Crippen molar-refractivity contribution in [2.24, 2.45) is 0 Å². The molecule has 0 radical (unpaired) electrons. The Hall–Kier alpha value is -0.180. The van der Waals surface area contributed by atoms with Gasteiger partial charge in [-0.25, -0.2) is 16.8 Å². The van der Waals surface area contributed by atoms with Crippen molar-refractivity contribution in [3.8, 4) is 0 Å². The molecule has 0 aromatic carbocycles. The smallest absolute Gasteiger partial charge is 0.216 e. The normalized spacial score (nSPS) is 23.5. The van der Waals surface area contributed by atoms with Gasteiger partial charge in [-0.15, -0.1) is 0 Å². The Morgan fingerprint density at radius 3 is 2.32 bits per heavy atom. The first kappa shape index (κ1) is 16.9. The molecule has 8 heteroatoms. The van der Waals surface area contributed by atoms with Gasteiger partial charge in [0.05, 0.1) is 10.5 Å². The van der Waals surface area contributed by atoms with Gasteiger partial charge in [0.15, 0.2) is 9.84 Å². The lowest BCUT2D eigenvalue weighted by Crippen LogP contribution is -2.46. The average Bonchev–Trinajstić information content (AvgIpc) is 2.25. The van der Waals surface area contributed by atoms with Gasteiger partial charge in [-0.2, -0.15) is 4.31 Å². The highest BCUT2D eigenvalue weighted by molar-refractivity contribution is 7.92. The minimum absolute atomic E-state index is 0.0583. The molecule has 1 atom stereocenters. The van der Waals surface area contributed by atoms with Crippen LogP contribution in [-0.4, -0.2) is 57.3 Å². The summed E-state index contributed by atoms with van der Waals surface area (Å²) in [5.74, 6) is -0.180. The molecule has 6 nitrogen and oxygen atoms in total. The maximum atomic E-state index is 12.2. The second kappa shape index (κ2) is 5.67. The van der Waals surface area contributed by atoms with Crippen molar-refractivity contribution in [3.05, 3.63) is 0 Å². The van der Waals surface area contributed by atoms with E-state index >= 15 is 0 Å². The van der Waals surface area contributed by atoms with Gasteiger partial charge >= 0.3 is 0 Å². The van der Waals surface area contributed by atoms with Crippen LogP contribution in [0.1, 0.15) is 33.6 Å². The second-order valence-corrected chi connectivity index (χ2v) is 10.4. The van der Waals surface area contributed by atoms with E-state index in [1.807, 2.05) is 6.92 Å². The van der Waals surface area contributed by atoms with E-state index < -0.39 is 24.6 Å². The van der Waals surface area contributed by atoms with Crippen LogP contribution in [-0.2, 0) is 24.6 Å². The summed E-state index contributed by atoms with van der Waals surface area (Å²) < 4.78 is 53.0. The molecule has 114 valence electrons. The van der Waals surface area contributed by atoms with Crippen LogP contribution in [0.25, 0.3) is 0 Å². The molecule has 0 saturated carbocycles. The maximum absolute atomic E-state index is 12.2. The fourth-order valence-electron chi connectivity index (χ4n) is 1.71. The molecule has 1 rings (SSSR count). The van der Waals surface area contributed by atoms with Crippen molar-refractivity contribution in [2.45, 2.75) is 44.4 Å². The average molecular weight is 313 g/mol. The summed E-state index contributed by atoms with van der Waals surface area (Å²) in [7, 11) is -6.77. The number of sulfone groups is 1. The zero-order valence-corrected chi connectivity index (χ0v) is 13.6. The number of hydrogen-bond donors (Lipinski definition) is 0. The fraction of sp³-hybridized carbons (Fsp3) is 1.00. The van der Waals surface area contributed by atoms with Crippen molar-refractivity contribution in [1.82, 2.24) is 4.31 Å². The molecule has 0 aromatic heterocycles. The quantitative estimate of drug-likeness (QED) is 0.742. The van der Waals surface area contributed by atoms with Crippen LogP contribution in [0.4, 0.5) is 0 Å². The largest absolute Gasteiger partial charge is 0.365 e. The summed E-state index contributed by atoms with van der Waals surface area (Å²) in [6.07, 6.45) is 1.87. The Balaban J connectivity index is 2.76. The molecular formula is C11H23NO5S2. The summed E-state index contributed by atoms with van der Waals surface area (Å²) in [5.41, 5.74) is 0. The van der Waals surface area contributed by atoms with Crippen molar-refractivity contribution in [1.29, 1.82) is 0 Å². The van der Waals surface area contributed by atoms with Crippen LogP contribution in [0, 0.1) is 0 Å². The maximum Gasteiger partial charge on any atom is 0.216 e. The van der Waals surface area contributed by atoms with E-state index in [0.717, 1.165) is 6.26 Å². The van der Waals surface area contributed by atoms with E-state index in [1.54, 1.807) is 13.8 Å². The minimum Gasteiger partial charge on any atom is -0.365 e. The van der Waals surface area contributed by atoms with Crippen molar-refractivity contribution in [3.63, 3.8) is 0 Å². The number of sulfonamides is 1. The van der Waals surface area contributed by atoms with E-state index in [-0.39, 0.29) is 24.9 Å². The molecule has 19 heavy (non-hydrogen) atoms. The summed E-state index contributed by atoms with van der Waals surface area (Å²) >= 11 is 0. The Kier molecular flexibility index (Phi) is 5.03. The summed E-state index contributed by atoms with van der Waals surface area (Å²) in [5, 5.41) is 0. The zero-order chi connectivity index (χ0) is 14.9. The molecule has 0 bridgehead atoms. The highest BCUT2D eigenvalue weighted by atomic mass is 32.2. The monoisotopic (exact) mass is 313 g/mol. The topological polar surface area (TPSA) is 80.8 Å². The van der Waals surface area contributed by atoms with Crippen LogP contribution >= 0.6 is 0 Å². The first-order valence-corrected chi connectivity index (χ1v) is 9.74. The van der Waals surface area contributed by atoms with Gasteiger partial charge in [-0.3, -0.25) is 0 Å². The summed E-state index contributed by atoms with van der Waals surface area (Å²) in [4.78, 5) is 0. The zero-order valence-electron chi connectivity index (χ0n) is 11.9. The molecule has 1 heterocycles. The van der Waals surface area contributed by atoms with E-state index in [0.29, 0.717) is 13.0 Å². The highest BCUT2D eigenvalue weighted by Crippen LogP contribution is 2.23. The number of hydrogen-bond acceptors (Lipinski definition) is 5. The van der Waals surface area contributed by atoms with Gasteiger partial charge in [-0.05, 0) is 33.6 Å². The Morgan fingerprint density at radius 2 is 1.84 bits per heavy atom. The van der Waals surface area contributed by atoms with Gasteiger partial charge in [0.2, 0.25) is 10.0 Å². The molecule has 1 fully saturated rings. The number of rotatable bonds is 5. The minimum atomic E-state index is -3.48. The molecular weight excluding hydrogens is 290 g/mol. The van der Waals surface area contributed by atoms with E-state index in [2.05, 4.69) is 0 Å². The molecule has 1 unspecified atom stereocenters. The molecule has 0 N–H and O–H groups in total. The molecule has 1 aliphatic heterocycles. The van der Waals surface area contributed by atoms with Crippen molar-refractivity contribution >= 4 is 19.9 Å². The molecule has 1 aliphatic rings. The predicted octanol–water partition coefficient (Wildman–Crippen LogP) is 0.598. The van der Waals surface area contributed by atoms with Crippen LogP contribution in [0.2, 0.25) is 0 Å². The highest BCUT2D eigenvalue weighted by Gasteiger charge is 2.35. The molecule has 0 amide bonds. The number of ether oxygens (including phenoxy) is 1. The molecule has 1 saturated heterocycles. The van der Waals surface area contributed by atoms with Gasteiger partial charge in [0.25, 0.3) is 0 Å². The van der Waals surface area contributed by atoms with Crippen molar-refractivity contribution < 1.29 is 21.6 Å². The Labute approximate surface area is 116 Å². The molecule has 0 spiro atoms. The van der Waals surface area contributed by atoms with Gasteiger partial charge in [0, 0.05) is 18.9 Å². The number of nitrogens with zero attached hydrogens (tertiary/aromatic N) is 1. The predicted molar refractivity (Wildman–Crippen MR) is 74.1 cm³/mol.